The number of ether oxygens (including phenoxy) is 1. The molecule has 1 unspecified atom stereocenters. The van der Waals surface area contributed by atoms with E-state index in [2.05, 4.69) is 21.2 Å². The van der Waals surface area contributed by atoms with E-state index in [4.69, 9.17) is 4.74 Å². The quantitative estimate of drug-likeness (QED) is 0.898. The molecule has 0 radical (unpaired) electrons. The summed E-state index contributed by atoms with van der Waals surface area (Å²) in [5, 5.41) is 13.8. The Balaban J connectivity index is 2.11. The molecule has 2 rings (SSSR count). The second-order valence-corrected chi connectivity index (χ2v) is 5.50. The molecule has 1 heterocycles. The molecular formula is C14H20BrNO2. The average Bonchev–Trinajstić information content (AvgIpc) is 2.40. The van der Waals surface area contributed by atoms with E-state index in [1.165, 1.54) is 0 Å². The summed E-state index contributed by atoms with van der Waals surface area (Å²) < 4.78 is 6.38. The Morgan fingerprint density at radius 1 is 1.44 bits per heavy atom. The Kier molecular flexibility index (Phi) is 5.03. The van der Waals surface area contributed by atoms with Gasteiger partial charge in [-0.15, -0.1) is 0 Å². The molecule has 1 aliphatic rings. The molecule has 4 heteroatoms. The summed E-state index contributed by atoms with van der Waals surface area (Å²) in [5.41, 5.74) is 0.963. The normalized spacial score (nSPS) is 18.6. The van der Waals surface area contributed by atoms with E-state index >= 15 is 0 Å². The summed E-state index contributed by atoms with van der Waals surface area (Å²) in [6.07, 6.45) is 1.67. The maximum absolute atomic E-state index is 10.4. The van der Waals surface area contributed by atoms with Gasteiger partial charge in [-0.1, -0.05) is 22.0 Å². The van der Waals surface area contributed by atoms with Crippen molar-refractivity contribution in [1.29, 1.82) is 0 Å². The van der Waals surface area contributed by atoms with Gasteiger partial charge in [0.1, 0.15) is 5.75 Å². The first-order valence-electron chi connectivity index (χ1n) is 6.53. The van der Waals surface area contributed by atoms with Gasteiger partial charge >= 0.3 is 0 Å². The molecule has 0 bridgehead atoms. The Hall–Kier alpha value is -0.580. The first kappa shape index (κ1) is 13.8. The third-order valence-corrected chi connectivity index (χ3v) is 4.12. The highest BCUT2D eigenvalue weighted by Gasteiger charge is 2.24. The van der Waals surface area contributed by atoms with Gasteiger partial charge in [-0.25, -0.2) is 0 Å². The Morgan fingerprint density at radius 3 is 2.78 bits per heavy atom. The maximum atomic E-state index is 10.4. The number of nitrogens with one attached hydrogen (secondary N) is 1. The molecule has 1 aromatic rings. The van der Waals surface area contributed by atoms with E-state index in [-0.39, 0.29) is 0 Å². The van der Waals surface area contributed by atoms with E-state index in [9.17, 15) is 5.11 Å². The monoisotopic (exact) mass is 313 g/mol. The van der Waals surface area contributed by atoms with Crippen molar-refractivity contribution in [3.63, 3.8) is 0 Å². The van der Waals surface area contributed by atoms with Crippen molar-refractivity contribution in [2.24, 2.45) is 5.92 Å². The van der Waals surface area contributed by atoms with Gasteiger partial charge in [0.15, 0.2) is 0 Å². The summed E-state index contributed by atoms with van der Waals surface area (Å²) >= 11 is 3.53. The van der Waals surface area contributed by atoms with Gasteiger partial charge in [0.25, 0.3) is 0 Å². The summed E-state index contributed by atoms with van der Waals surface area (Å²) in [4.78, 5) is 0. The molecule has 1 aliphatic heterocycles. The average molecular weight is 314 g/mol. The van der Waals surface area contributed by atoms with Gasteiger partial charge in [-0.05, 0) is 56.5 Å². The minimum Gasteiger partial charge on any atom is -0.494 e. The second kappa shape index (κ2) is 6.55. The van der Waals surface area contributed by atoms with Crippen molar-refractivity contribution < 1.29 is 9.84 Å². The number of piperidine rings is 1. The van der Waals surface area contributed by atoms with Crippen LogP contribution >= 0.6 is 15.9 Å². The van der Waals surface area contributed by atoms with Crippen molar-refractivity contribution in [2.75, 3.05) is 19.7 Å². The molecule has 0 spiro atoms. The first-order valence-corrected chi connectivity index (χ1v) is 7.32. The summed E-state index contributed by atoms with van der Waals surface area (Å²) in [7, 11) is 0. The van der Waals surface area contributed by atoms with Gasteiger partial charge in [-0.2, -0.15) is 0 Å². The van der Waals surface area contributed by atoms with Crippen LogP contribution in [0.25, 0.3) is 0 Å². The van der Waals surface area contributed by atoms with Crippen molar-refractivity contribution in [3.05, 3.63) is 28.2 Å². The topological polar surface area (TPSA) is 41.5 Å². The van der Waals surface area contributed by atoms with Crippen molar-refractivity contribution in [2.45, 2.75) is 25.9 Å². The molecule has 1 saturated heterocycles. The van der Waals surface area contributed by atoms with Crippen molar-refractivity contribution >= 4 is 15.9 Å². The third-order valence-electron chi connectivity index (χ3n) is 3.43. The van der Waals surface area contributed by atoms with Gasteiger partial charge in [0, 0.05) is 4.47 Å². The van der Waals surface area contributed by atoms with E-state index in [0.717, 1.165) is 41.7 Å². The molecule has 0 aromatic heterocycles. The molecule has 3 nitrogen and oxygen atoms in total. The summed E-state index contributed by atoms with van der Waals surface area (Å²) in [5.74, 6) is 1.19. The highest BCUT2D eigenvalue weighted by molar-refractivity contribution is 9.10. The fourth-order valence-electron chi connectivity index (χ4n) is 2.42. The zero-order valence-electron chi connectivity index (χ0n) is 10.7. The predicted octanol–water partition coefficient (Wildman–Crippen LogP) is 2.88. The summed E-state index contributed by atoms with van der Waals surface area (Å²) in [6.45, 7) is 4.61. The van der Waals surface area contributed by atoms with Crippen molar-refractivity contribution in [3.8, 4) is 5.75 Å². The highest BCUT2D eigenvalue weighted by atomic mass is 79.9. The molecule has 18 heavy (non-hydrogen) atoms. The number of aliphatic hydroxyl groups excluding tert-OH is 1. The number of benzene rings is 1. The second-order valence-electron chi connectivity index (χ2n) is 4.65. The SMILES string of the molecule is CCOc1ccc(C(O)C2CCNCC2)c(Br)c1. The van der Waals surface area contributed by atoms with E-state index < -0.39 is 6.10 Å². The van der Waals surface area contributed by atoms with Gasteiger partial charge < -0.3 is 15.2 Å². The molecule has 1 fully saturated rings. The van der Waals surface area contributed by atoms with Crippen LogP contribution in [0.15, 0.2) is 22.7 Å². The minimum atomic E-state index is -0.392. The van der Waals surface area contributed by atoms with Crippen LogP contribution in [0.2, 0.25) is 0 Å². The van der Waals surface area contributed by atoms with Crippen LogP contribution in [0, 0.1) is 5.92 Å². The largest absolute Gasteiger partial charge is 0.494 e. The predicted molar refractivity (Wildman–Crippen MR) is 75.9 cm³/mol. The fraction of sp³-hybridized carbons (Fsp3) is 0.571. The minimum absolute atomic E-state index is 0.348. The third kappa shape index (κ3) is 3.25. The van der Waals surface area contributed by atoms with E-state index in [1.54, 1.807) is 0 Å². The zero-order chi connectivity index (χ0) is 13.0. The molecular weight excluding hydrogens is 294 g/mol. The highest BCUT2D eigenvalue weighted by Crippen LogP contribution is 2.34. The first-order chi connectivity index (χ1) is 8.72. The van der Waals surface area contributed by atoms with E-state index in [0.29, 0.717) is 12.5 Å². The summed E-state index contributed by atoms with van der Waals surface area (Å²) in [6, 6.07) is 5.82. The van der Waals surface area contributed by atoms with Gasteiger partial charge in [0.2, 0.25) is 0 Å². The molecule has 1 aromatic carbocycles. The van der Waals surface area contributed by atoms with Crippen LogP contribution in [0.3, 0.4) is 0 Å². The van der Waals surface area contributed by atoms with Crippen LogP contribution in [-0.4, -0.2) is 24.8 Å². The zero-order valence-corrected chi connectivity index (χ0v) is 12.2. The fourth-order valence-corrected chi connectivity index (χ4v) is 3.01. The van der Waals surface area contributed by atoms with Crippen LogP contribution in [0.5, 0.6) is 5.75 Å². The van der Waals surface area contributed by atoms with Crippen LogP contribution < -0.4 is 10.1 Å². The number of hydrogen-bond donors (Lipinski definition) is 2. The Labute approximate surface area is 117 Å². The lowest BCUT2D eigenvalue weighted by atomic mass is 9.88. The molecule has 100 valence electrons. The van der Waals surface area contributed by atoms with Crippen LogP contribution in [-0.2, 0) is 0 Å². The molecule has 0 amide bonds. The van der Waals surface area contributed by atoms with Crippen molar-refractivity contribution in [1.82, 2.24) is 5.32 Å². The lowest BCUT2D eigenvalue weighted by Crippen LogP contribution is -2.30. The van der Waals surface area contributed by atoms with Crippen LogP contribution in [0.4, 0.5) is 0 Å². The van der Waals surface area contributed by atoms with E-state index in [1.807, 2.05) is 25.1 Å². The Bertz CT molecular complexity index is 391. The molecule has 1 atom stereocenters. The number of rotatable bonds is 4. The lowest BCUT2D eigenvalue weighted by molar-refractivity contribution is 0.0883. The lowest BCUT2D eigenvalue weighted by Gasteiger charge is -2.28. The van der Waals surface area contributed by atoms with Crippen LogP contribution in [0.1, 0.15) is 31.4 Å². The van der Waals surface area contributed by atoms with Gasteiger partial charge in [-0.3, -0.25) is 0 Å². The number of hydrogen-bond acceptors (Lipinski definition) is 3. The smallest absolute Gasteiger partial charge is 0.120 e. The molecule has 2 N–H and O–H groups in total. The molecule has 0 aliphatic carbocycles. The molecule has 0 saturated carbocycles. The maximum Gasteiger partial charge on any atom is 0.120 e. The number of halogens is 1. The Morgan fingerprint density at radius 2 is 2.17 bits per heavy atom. The standard InChI is InChI=1S/C14H20BrNO2/c1-2-18-11-3-4-12(13(15)9-11)14(17)10-5-7-16-8-6-10/h3-4,9-10,14,16-17H,2,5-8H2,1H3. The number of aliphatic hydroxyl groups is 1. The van der Waals surface area contributed by atoms with Gasteiger partial charge in [0.05, 0.1) is 12.7 Å².